The van der Waals surface area contributed by atoms with Crippen molar-refractivity contribution < 1.29 is 4.79 Å². The van der Waals surface area contributed by atoms with E-state index in [-0.39, 0.29) is 6.03 Å². The fourth-order valence-corrected chi connectivity index (χ4v) is 2.99. The molecule has 2 amide bonds. The quantitative estimate of drug-likeness (QED) is 0.731. The van der Waals surface area contributed by atoms with Gasteiger partial charge in [-0.2, -0.15) is 0 Å². The van der Waals surface area contributed by atoms with E-state index in [2.05, 4.69) is 10.2 Å². The summed E-state index contributed by atoms with van der Waals surface area (Å²) in [6.07, 6.45) is 7.11. The van der Waals surface area contributed by atoms with Gasteiger partial charge in [0, 0.05) is 32.2 Å². The second kappa shape index (κ2) is 7.70. The third kappa shape index (κ3) is 4.66. The van der Waals surface area contributed by atoms with Crippen LogP contribution in [-0.4, -0.2) is 61.1 Å². The predicted molar refractivity (Wildman–Crippen MR) is 77.1 cm³/mol. The average Bonchev–Trinajstić information content (AvgIpc) is 2.93. The average molecular weight is 268 g/mol. The molecule has 2 fully saturated rings. The third-order valence-corrected chi connectivity index (χ3v) is 4.27. The molecule has 1 saturated carbocycles. The van der Waals surface area contributed by atoms with Crippen molar-refractivity contribution in [1.29, 1.82) is 0 Å². The lowest BCUT2D eigenvalue weighted by Crippen LogP contribution is -2.53. The van der Waals surface area contributed by atoms with Crippen molar-refractivity contribution in [3.63, 3.8) is 0 Å². The van der Waals surface area contributed by atoms with E-state index in [4.69, 9.17) is 5.73 Å². The van der Waals surface area contributed by atoms with Gasteiger partial charge in [-0.15, -0.1) is 0 Å². The van der Waals surface area contributed by atoms with Crippen molar-refractivity contribution in [3.05, 3.63) is 0 Å². The second-order valence-electron chi connectivity index (χ2n) is 5.76. The standard InChI is InChI=1S/C14H28N4O/c15-7-3-4-8-17-9-11-18(12-10-17)14(19)16-13-5-1-2-6-13/h13H,1-12,15H2,(H,16,19). The zero-order valence-electron chi connectivity index (χ0n) is 11.9. The molecule has 0 aromatic heterocycles. The zero-order valence-corrected chi connectivity index (χ0v) is 11.9. The van der Waals surface area contributed by atoms with Gasteiger partial charge in [-0.05, 0) is 38.8 Å². The molecular weight excluding hydrogens is 240 g/mol. The number of nitrogens with two attached hydrogens (primary N) is 1. The molecule has 0 atom stereocenters. The summed E-state index contributed by atoms with van der Waals surface area (Å²) in [7, 11) is 0. The fraction of sp³-hybridized carbons (Fsp3) is 0.929. The number of hydrogen-bond donors (Lipinski definition) is 2. The van der Waals surface area contributed by atoms with Gasteiger partial charge in [-0.25, -0.2) is 4.79 Å². The van der Waals surface area contributed by atoms with Crippen molar-refractivity contribution in [3.8, 4) is 0 Å². The predicted octanol–water partition coefficient (Wildman–Crippen LogP) is 0.995. The van der Waals surface area contributed by atoms with Crippen LogP contribution in [0.15, 0.2) is 0 Å². The van der Waals surface area contributed by atoms with Crippen LogP contribution in [0, 0.1) is 0 Å². The Labute approximate surface area is 116 Å². The molecule has 3 N–H and O–H groups in total. The Kier molecular flexibility index (Phi) is 5.92. The van der Waals surface area contributed by atoms with Crippen LogP contribution in [0.5, 0.6) is 0 Å². The Balaban J connectivity index is 1.63. The molecule has 5 heteroatoms. The van der Waals surface area contributed by atoms with Gasteiger partial charge in [-0.1, -0.05) is 12.8 Å². The minimum Gasteiger partial charge on any atom is -0.335 e. The largest absolute Gasteiger partial charge is 0.335 e. The van der Waals surface area contributed by atoms with Gasteiger partial charge in [0.25, 0.3) is 0 Å². The molecule has 1 aliphatic carbocycles. The Hall–Kier alpha value is -0.810. The normalized spacial score (nSPS) is 21.8. The van der Waals surface area contributed by atoms with Crippen molar-refractivity contribution in [2.45, 2.75) is 44.6 Å². The SMILES string of the molecule is NCCCCN1CCN(C(=O)NC2CCCC2)CC1. The third-order valence-electron chi connectivity index (χ3n) is 4.27. The first-order chi connectivity index (χ1) is 9.29. The summed E-state index contributed by atoms with van der Waals surface area (Å²) in [6, 6.07) is 0.573. The molecule has 0 spiro atoms. The highest BCUT2D eigenvalue weighted by atomic mass is 16.2. The maximum Gasteiger partial charge on any atom is 0.317 e. The second-order valence-corrected chi connectivity index (χ2v) is 5.76. The van der Waals surface area contributed by atoms with Crippen LogP contribution >= 0.6 is 0 Å². The number of hydrogen-bond acceptors (Lipinski definition) is 3. The van der Waals surface area contributed by atoms with Crippen LogP contribution in [0.1, 0.15) is 38.5 Å². The van der Waals surface area contributed by atoms with Gasteiger partial charge in [0.1, 0.15) is 0 Å². The van der Waals surface area contributed by atoms with E-state index >= 15 is 0 Å². The molecule has 0 unspecified atom stereocenters. The monoisotopic (exact) mass is 268 g/mol. The summed E-state index contributed by atoms with van der Waals surface area (Å²) in [6.45, 7) is 5.63. The van der Waals surface area contributed by atoms with Crippen LogP contribution in [0.2, 0.25) is 0 Å². The molecule has 110 valence electrons. The Bertz CT molecular complexity index is 271. The number of carbonyl (C=O) groups is 1. The maximum atomic E-state index is 12.1. The first-order valence-electron chi connectivity index (χ1n) is 7.77. The van der Waals surface area contributed by atoms with Crippen LogP contribution in [0.25, 0.3) is 0 Å². The molecule has 19 heavy (non-hydrogen) atoms. The van der Waals surface area contributed by atoms with Crippen LogP contribution < -0.4 is 11.1 Å². The van der Waals surface area contributed by atoms with E-state index < -0.39 is 0 Å². The molecule has 2 rings (SSSR count). The van der Waals surface area contributed by atoms with E-state index in [1.165, 1.54) is 19.3 Å². The van der Waals surface area contributed by atoms with E-state index in [0.717, 1.165) is 58.5 Å². The Morgan fingerprint density at radius 1 is 1.11 bits per heavy atom. The molecule has 2 aliphatic rings. The van der Waals surface area contributed by atoms with E-state index in [0.29, 0.717) is 6.04 Å². The summed E-state index contributed by atoms with van der Waals surface area (Å²) in [5.74, 6) is 0. The topological polar surface area (TPSA) is 61.6 Å². The highest BCUT2D eigenvalue weighted by molar-refractivity contribution is 5.74. The minimum absolute atomic E-state index is 0.147. The fourth-order valence-electron chi connectivity index (χ4n) is 2.99. The van der Waals surface area contributed by atoms with E-state index in [9.17, 15) is 4.79 Å². The Morgan fingerprint density at radius 2 is 1.79 bits per heavy atom. The smallest absolute Gasteiger partial charge is 0.317 e. The van der Waals surface area contributed by atoms with Crippen LogP contribution in [0.4, 0.5) is 4.79 Å². The summed E-state index contributed by atoms with van der Waals surface area (Å²) >= 11 is 0. The molecule has 1 aliphatic heterocycles. The van der Waals surface area contributed by atoms with Crippen molar-refractivity contribution in [2.24, 2.45) is 5.73 Å². The molecular formula is C14H28N4O. The van der Waals surface area contributed by atoms with Gasteiger partial charge in [0.2, 0.25) is 0 Å². The van der Waals surface area contributed by atoms with E-state index in [1.807, 2.05) is 4.90 Å². The van der Waals surface area contributed by atoms with Gasteiger partial charge in [-0.3, -0.25) is 4.90 Å². The minimum atomic E-state index is 0.147. The summed E-state index contributed by atoms with van der Waals surface area (Å²) in [5.41, 5.74) is 5.50. The maximum absolute atomic E-state index is 12.1. The molecule has 5 nitrogen and oxygen atoms in total. The number of piperazine rings is 1. The molecule has 1 saturated heterocycles. The molecule has 0 radical (unpaired) electrons. The number of nitrogens with zero attached hydrogens (tertiary/aromatic N) is 2. The summed E-state index contributed by atoms with van der Waals surface area (Å²) < 4.78 is 0. The van der Waals surface area contributed by atoms with Gasteiger partial charge in [0.15, 0.2) is 0 Å². The van der Waals surface area contributed by atoms with Crippen LogP contribution in [-0.2, 0) is 0 Å². The zero-order chi connectivity index (χ0) is 13.5. The number of carbonyl (C=O) groups excluding carboxylic acids is 1. The van der Waals surface area contributed by atoms with Crippen molar-refractivity contribution >= 4 is 6.03 Å². The lowest BCUT2D eigenvalue weighted by atomic mass is 10.2. The van der Waals surface area contributed by atoms with Gasteiger partial charge >= 0.3 is 6.03 Å². The highest BCUT2D eigenvalue weighted by Crippen LogP contribution is 2.18. The lowest BCUT2D eigenvalue weighted by Gasteiger charge is -2.35. The van der Waals surface area contributed by atoms with Crippen molar-refractivity contribution in [2.75, 3.05) is 39.3 Å². The number of rotatable bonds is 5. The van der Waals surface area contributed by atoms with E-state index in [1.54, 1.807) is 0 Å². The first-order valence-corrected chi connectivity index (χ1v) is 7.77. The summed E-state index contributed by atoms with van der Waals surface area (Å²) in [5, 5.41) is 3.17. The number of amides is 2. The van der Waals surface area contributed by atoms with Gasteiger partial charge in [0.05, 0.1) is 0 Å². The summed E-state index contributed by atoms with van der Waals surface area (Å²) in [4.78, 5) is 16.5. The molecule has 1 heterocycles. The molecule has 0 bridgehead atoms. The molecule has 0 aromatic carbocycles. The number of unbranched alkanes of at least 4 members (excludes halogenated alkanes) is 1. The van der Waals surface area contributed by atoms with Crippen molar-refractivity contribution in [1.82, 2.24) is 15.1 Å². The first kappa shape index (κ1) is 14.6. The van der Waals surface area contributed by atoms with Crippen LogP contribution in [0.3, 0.4) is 0 Å². The highest BCUT2D eigenvalue weighted by Gasteiger charge is 2.23. The van der Waals surface area contributed by atoms with Gasteiger partial charge < -0.3 is 16.0 Å². The number of urea groups is 1. The lowest BCUT2D eigenvalue weighted by molar-refractivity contribution is 0.136. The number of nitrogens with one attached hydrogen (secondary N) is 1. The Morgan fingerprint density at radius 3 is 2.42 bits per heavy atom. The molecule has 0 aromatic rings.